The fourth-order valence-corrected chi connectivity index (χ4v) is 1.38. The predicted octanol–water partition coefficient (Wildman–Crippen LogP) is 1.05. The van der Waals surface area contributed by atoms with E-state index in [-0.39, 0.29) is 6.61 Å². The molecule has 0 saturated heterocycles. The highest BCUT2D eigenvalue weighted by atomic mass is 16.5. The van der Waals surface area contributed by atoms with Gasteiger partial charge in [-0.15, -0.1) is 0 Å². The lowest BCUT2D eigenvalue weighted by molar-refractivity contribution is 0.0147. The Morgan fingerprint density at radius 2 is 2.50 bits per heavy atom. The Morgan fingerprint density at radius 1 is 1.56 bits per heavy atom. The molecule has 16 heavy (non-hydrogen) atoms. The van der Waals surface area contributed by atoms with Gasteiger partial charge in [0.15, 0.2) is 0 Å². The van der Waals surface area contributed by atoms with Crippen LogP contribution in [0.2, 0.25) is 0 Å². The maximum atomic E-state index is 9.65. The molecule has 5 heteroatoms. The Morgan fingerprint density at radius 3 is 3.19 bits per heavy atom. The van der Waals surface area contributed by atoms with Gasteiger partial charge in [-0.05, 0) is 12.1 Å². The first-order valence-electron chi connectivity index (χ1n) is 5.08. The summed E-state index contributed by atoms with van der Waals surface area (Å²) in [6, 6.07) is 3.64. The van der Waals surface area contributed by atoms with Crippen molar-refractivity contribution >= 4 is 0 Å². The van der Waals surface area contributed by atoms with Crippen molar-refractivity contribution < 1.29 is 14.3 Å². The number of aromatic nitrogens is 2. The number of ether oxygens (including phenoxy) is 1. The number of nitrogens with zero attached hydrogens (tertiary/aromatic N) is 2. The minimum Gasteiger partial charge on any atom is -0.467 e. The van der Waals surface area contributed by atoms with Gasteiger partial charge in [-0.1, -0.05) is 0 Å². The van der Waals surface area contributed by atoms with Gasteiger partial charge in [0.05, 0.1) is 31.8 Å². The van der Waals surface area contributed by atoms with Gasteiger partial charge in [-0.3, -0.25) is 0 Å². The van der Waals surface area contributed by atoms with Gasteiger partial charge in [0.2, 0.25) is 0 Å². The summed E-state index contributed by atoms with van der Waals surface area (Å²) in [5.41, 5.74) is 0. The number of aliphatic hydroxyl groups excluding tert-OH is 1. The summed E-state index contributed by atoms with van der Waals surface area (Å²) < 4.78 is 12.2. The van der Waals surface area contributed by atoms with E-state index in [9.17, 15) is 5.11 Å². The van der Waals surface area contributed by atoms with Gasteiger partial charge in [0, 0.05) is 12.4 Å². The highest BCUT2D eigenvalue weighted by molar-refractivity contribution is 4.96. The molecule has 0 fully saturated rings. The lowest BCUT2D eigenvalue weighted by Crippen LogP contribution is -2.21. The highest BCUT2D eigenvalue weighted by Gasteiger charge is 2.05. The summed E-state index contributed by atoms with van der Waals surface area (Å²) in [6.07, 6.45) is 6.20. The molecule has 0 aromatic carbocycles. The Labute approximate surface area is 93.3 Å². The van der Waals surface area contributed by atoms with Crippen LogP contribution in [0.25, 0.3) is 0 Å². The Hall–Kier alpha value is -1.59. The standard InChI is InChI=1S/C11H14N2O3/c14-10(6-13-4-3-12-9-13)7-15-8-11-2-1-5-16-11/h1-5,9-10,14H,6-8H2. The summed E-state index contributed by atoms with van der Waals surface area (Å²) in [5.74, 6) is 0.759. The van der Waals surface area contributed by atoms with Crippen molar-refractivity contribution in [3.63, 3.8) is 0 Å². The molecule has 2 aromatic heterocycles. The van der Waals surface area contributed by atoms with Gasteiger partial charge in [0.1, 0.15) is 12.4 Å². The molecule has 1 N–H and O–H groups in total. The topological polar surface area (TPSA) is 60.4 Å². The average molecular weight is 222 g/mol. The fourth-order valence-electron chi connectivity index (χ4n) is 1.38. The first-order valence-corrected chi connectivity index (χ1v) is 5.08. The maximum Gasteiger partial charge on any atom is 0.129 e. The molecule has 86 valence electrons. The van der Waals surface area contributed by atoms with Gasteiger partial charge >= 0.3 is 0 Å². The SMILES string of the molecule is OC(COCc1ccco1)Cn1ccnc1. The molecule has 0 radical (unpaired) electrons. The molecule has 0 amide bonds. The molecule has 0 aliphatic rings. The van der Waals surface area contributed by atoms with Gasteiger partial charge in [-0.2, -0.15) is 0 Å². The van der Waals surface area contributed by atoms with E-state index < -0.39 is 6.10 Å². The summed E-state index contributed by atoms with van der Waals surface area (Å²) in [7, 11) is 0. The molecular weight excluding hydrogens is 208 g/mol. The van der Waals surface area contributed by atoms with Crippen LogP contribution in [0.15, 0.2) is 41.5 Å². The number of furan rings is 1. The first-order chi connectivity index (χ1) is 7.84. The van der Waals surface area contributed by atoms with Crippen LogP contribution in [0.1, 0.15) is 5.76 Å². The third kappa shape index (κ3) is 3.22. The number of hydrogen-bond donors (Lipinski definition) is 1. The van der Waals surface area contributed by atoms with Crippen LogP contribution in [0.4, 0.5) is 0 Å². The Bertz CT molecular complexity index is 383. The van der Waals surface area contributed by atoms with Gasteiger partial charge in [0.25, 0.3) is 0 Å². The van der Waals surface area contributed by atoms with E-state index in [1.54, 1.807) is 35.6 Å². The van der Waals surface area contributed by atoms with Crippen molar-refractivity contribution in [1.29, 1.82) is 0 Å². The van der Waals surface area contributed by atoms with Crippen LogP contribution in [0.3, 0.4) is 0 Å². The molecule has 0 aliphatic carbocycles. The minimum absolute atomic E-state index is 0.277. The van der Waals surface area contributed by atoms with E-state index in [1.165, 1.54) is 0 Å². The molecule has 1 unspecified atom stereocenters. The lowest BCUT2D eigenvalue weighted by atomic mass is 10.4. The van der Waals surface area contributed by atoms with Crippen LogP contribution in [-0.2, 0) is 17.9 Å². The van der Waals surface area contributed by atoms with Crippen molar-refractivity contribution in [1.82, 2.24) is 9.55 Å². The lowest BCUT2D eigenvalue weighted by Gasteiger charge is -2.10. The van der Waals surface area contributed by atoms with Crippen molar-refractivity contribution in [2.24, 2.45) is 0 Å². The molecule has 5 nitrogen and oxygen atoms in total. The van der Waals surface area contributed by atoms with Crippen LogP contribution < -0.4 is 0 Å². The number of rotatable bonds is 6. The number of imidazole rings is 1. The van der Waals surface area contributed by atoms with E-state index in [0.717, 1.165) is 5.76 Å². The maximum absolute atomic E-state index is 9.65. The van der Waals surface area contributed by atoms with E-state index in [4.69, 9.17) is 9.15 Å². The third-order valence-electron chi connectivity index (χ3n) is 2.12. The second-order valence-electron chi connectivity index (χ2n) is 3.51. The van der Waals surface area contributed by atoms with Crippen LogP contribution in [0.5, 0.6) is 0 Å². The Balaban J connectivity index is 1.66. The first kappa shape index (κ1) is 10.9. The second kappa shape index (κ2) is 5.48. The van der Waals surface area contributed by atoms with Crippen molar-refractivity contribution in [2.75, 3.05) is 6.61 Å². The molecule has 0 saturated carbocycles. The number of hydrogen-bond acceptors (Lipinski definition) is 4. The zero-order valence-corrected chi connectivity index (χ0v) is 8.82. The van der Waals surface area contributed by atoms with Crippen molar-refractivity contribution in [2.45, 2.75) is 19.3 Å². The normalized spacial score (nSPS) is 12.8. The van der Waals surface area contributed by atoms with Crippen LogP contribution in [-0.4, -0.2) is 27.4 Å². The summed E-state index contributed by atoms with van der Waals surface area (Å²) in [5, 5.41) is 9.65. The highest BCUT2D eigenvalue weighted by Crippen LogP contribution is 2.02. The van der Waals surface area contributed by atoms with E-state index >= 15 is 0 Å². The quantitative estimate of drug-likeness (QED) is 0.793. The van der Waals surface area contributed by atoms with Crippen molar-refractivity contribution in [3.05, 3.63) is 42.9 Å². The van der Waals surface area contributed by atoms with Gasteiger partial charge < -0.3 is 18.8 Å². The summed E-state index contributed by atoms with van der Waals surface area (Å²) in [4.78, 5) is 3.89. The largest absolute Gasteiger partial charge is 0.467 e. The average Bonchev–Trinajstić information content (AvgIpc) is 2.90. The fraction of sp³-hybridized carbons (Fsp3) is 0.364. The minimum atomic E-state index is -0.538. The van der Waals surface area contributed by atoms with Gasteiger partial charge in [-0.25, -0.2) is 4.98 Å². The summed E-state index contributed by atoms with van der Waals surface area (Å²) in [6.45, 7) is 1.14. The Kier molecular flexibility index (Phi) is 3.74. The monoisotopic (exact) mass is 222 g/mol. The zero-order valence-electron chi connectivity index (χ0n) is 8.82. The smallest absolute Gasteiger partial charge is 0.129 e. The van der Waals surface area contributed by atoms with E-state index in [0.29, 0.717) is 13.2 Å². The van der Waals surface area contributed by atoms with Crippen molar-refractivity contribution in [3.8, 4) is 0 Å². The molecule has 0 spiro atoms. The molecular formula is C11H14N2O3. The third-order valence-corrected chi connectivity index (χ3v) is 2.12. The van der Waals surface area contributed by atoms with E-state index in [2.05, 4.69) is 4.98 Å². The molecule has 2 rings (SSSR count). The summed E-state index contributed by atoms with van der Waals surface area (Å²) >= 11 is 0. The van der Waals surface area contributed by atoms with E-state index in [1.807, 2.05) is 6.07 Å². The second-order valence-corrected chi connectivity index (χ2v) is 3.51. The molecule has 1 atom stereocenters. The molecule has 2 aromatic rings. The predicted molar refractivity (Wildman–Crippen MR) is 56.6 cm³/mol. The molecule has 0 bridgehead atoms. The molecule has 2 heterocycles. The zero-order chi connectivity index (χ0) is 11.2. The van der Waals surface area contributed by atoms with Crippen LogP contribution in [0, 0.1) is 0 Å². The van der Waals surface area contributed by atoms with Crippen LogP contribution >= 0.6 is 0 Å². The molecule has 0 aliphatic heterocycles. The number of aliphatic hydroxyl groups is 1.